The van der Waals surface area contributed by atoms with Crippen LogP contribution in [0.3, 0.4) is 0 Å². The van der Waals surface area contributed by atoms with Gasteiger partial charge in [0.1, 0.15) is 5.76 Å². The van der Waals surface area contributed by atoms with Crippen LogP contribution in [0.25, 0.3) is 10.1 Å². The molecule has 0 aliphatic heterocycles. The zero-order valence-corrected chi connectivity index (χ0v) is 12.8. The zero-order chi connectivity index (χ0) is 14.1. The van der Waals surface area contributed by atoms with E-state index in [1.54, 1.807) is 6.20 Å². The minimum Gasteiger partial charge on any atom is -0.445 e. The first-order chi connectivity index (χ1) is 9.65. The first kappa shape index (κ1) is 13.3. The van der Waals surface area contributed by atoms with Crippen LogP contribution in [0.2, 0.25) is 0 Å². The Morgan fingerprint density at radius 2 is 2.10 bits per heavy atom. The van der Waals surface area contributed by atoms with Crippen molar-refractivity contribution in [2.24, 2.45) is 0 Å². The van der Waals surface area contributed by atoms with E-state index in [9.17, 15) is 0 Å². The van der Waals surface area contributed by atoms with Gasteiger partial charge in [-0.1, -0.05) is 18.2 Å². The molecular weight excluding hydrogens is 268 g/mol. The number of rotatable bonds is 4. The summed E-state index contributed by atoms with van der Waals surface area (Å²) in [7, 11) is 0. The van der Waals surface area contributed by atoms with E-state index >= 15 is 0 Å². The second-order valence-electron chi connectivity index (χ2n) is 5.05. The lowest BCUT2D eigenvalue weighted by Crippen LogP contribution is -2.17. The van der Waals surface area contributed by atoms with Gasteiger partial charge < -0.3 is 9.73 Å². The number of thiophene rings is 1. The highest BCUT2D eigenvalue weighted by molar-refractivity contribution is 7.19. The molecule has 3 rings (SSSR count). The van der Waals surface area contributed by atoms with Gasteiger partial charge >= 0.3 is 0 Å². The molecule has 104 valence electrons. The second kappa shape index (κ2) is 5.38. The number of aromatic nitrogens is 1. The summed E-state index contributed by atoms with van der Waals surface area (Å²) in [5.74, 6) is 1.60. The van der Waals surface area contributed by atoms with Crippen molar-refractivity contribution >= 4 is 21.4 Å². The van der Waals surface area contributed by atoms with E-state index in [0.717, 1.165) is 11.7 Å². The fourth-order valence-electron chi connectivity index (χ4n) is 2.42. The van der Waals surface area contributed by atoms with E-state index in [1.165, 1.54) is 20.5 Å². The molecule has 0 fully saturated rings. The maximum Gasteiger partial charge on any atom is 0.208 e. The lowest BCUT2D eigenvalue weighted by Gasteiger charge is -2.11. The van der Waals surface area contributed by atoms with Crippen molar-refractivity contribution in [1.82, 2.24) is 10.3 Å². The van der Waals surface area contributed by atoms with Crippen molar-refractivity contribution in [3.63, 3.8) is 0 Å². The topological polar surface area (TPSA) is 38.1 Å². The van der Waals surface area contributed by atoms with Gasteiger partial charge in [0.25, 0.3) is 0 Å². The van der Waals surface area contributed by atoms with Crippen molar-refractivity contribution in [3.05, 3.63) is 52.6 Å². The summed E-state index contributed by atoms with van der Waals surface area (Å²) in [6.07, 6.45) is 1.76. The van der Waals surface area contributed by atoms with Crippen LogP contribution in [0.15, 0.2) is 34.9 Å². The molecule has 0 saturated heterocycles. The highest BCUT2D eigenvalue weighted by Crippen LogP contribution is 2.34. The molecule has 0 aliphatic rings. The molecule has 0 saturated carbocycles. The Morgan fingerprint density at radius 1 is 1.30 bits per heavy atom. The fraction of sp³-hybridized carbons (Fsp3) is 0.312. The number of hydrogen-bond acceptors (Lipinski definition) is 4. The first-order valence-electron chi connectivity index (χ1n) is 6.78. The summed E-state index contributed by atoms with van der Waals surface area (Å²) >= 11 is 1.86. The number of fused-ring (bicyclic) bond motifs is 1. The molecule has 0 bridgehead atoms. The average Bonchev–Trinajstić information content (AvgIpc) is 3.01. The normalized spacial score (nSPS) is 12.9. The smallest absolute Gasteiger partial charge is 0.208 e. The molecule has 0 spiro atoms. The van der Waals surface area contributed by atoms with Gasteiger partial charge in [0.05, 0.1) is 12.7 Å². The predicted molar refractivity (Wildman–Crippen MR) is 83.1 cm³/mol. The van der Waals surface area contributed by atoms with E-state index in [4.69, 9.17) is 4.42 Å². The molecule has 1 aromatic carbocycles. The fourth-order valence-corrected chi connectivity index (χ4v) is 3.66. The minimum atomic E-state index is 0.291. The Balaban J connectivity index is 1.78. The summed E-state index contributed by atoms with van der Waals surface area (Å²) in [6, 6.07) is 8.85. The molecule has 20 heavy (non-hydrogen) atoms. The zero-order valence-electron chi connectivity index (χ0n) is 11.9. The summed E-state index contributed by atoms with van der Waals surface area (Å²) < 4.78 is 6.84. The van der Waals surface area contributed by atoms with E-state index < -0.39 is 0 Å². The second-order valence-corrected chi connectivity index (χ2v) is 6.14. The lowest BCUT2D eigenvalue weighted by atomic mass is 10.1. The van der Waals surface area contributed by atoms with Crippen molar-refractivity contribution < 1.29 is 4.42 Å². The number of hydrogen-bond donors (Lipinski definition) is 1. The summed E-state index contributed by atoms with van der Waals surface area (Å²) in [5.41, 5.74) is 1.37. The number of nitrogens with zero attached hydrogens (tertiary/aromatic N) is 1. The maximum absolute atomic E-state index is 5.49. The number of nitrogens with one attached hydrogen (secondary N) is 1. The number of aryl methyl sites for hydroxylation is 2. The summed E-state index contributed by atoms with van der Waals surface area (Å²) in [4.78, 5) is 5.60. The van der Waals surface area contributed by atoms with Gasteiger partial charge in [-0.15, -0.1) is 11.3 Å². The molecule has 0 radical (unpaired) electrons. The Morgan fingerprint density at radius 3 is 2.80 bits per heavy atom. The summed E-state index contributed by atoms with van der Waals surface area (Å²) in [5, 5.41) is 4.84. The third kappa shape index (κ3) is 2.49. The Hall–Kier alpha value is -1.65. The minimum absolute atomic E-state index is 0.291. The molecular formula is C16H18N2OS. The van der Waals surface area contributed by atoms with E-state index in [2.05, 4.69) is 48.4 Å². The Bertz CT molecular complexity index is 729. The van der Waals surface area contributed by atoms with E-state index in [1.807, 2.05) is 18.3 Å². The Kier molecular flexibility index (Phi) is 3.59. The largest absolute Gasteiger partial charge is 0.445 e. The van der Waals surface area contributed by atoms with E-state index in [-0.39, 0.29) is 0 Å². The average molecular weight is 286 g/mol. The van der Waals surface area contributed by atoms with Gasteiger partial charge in [0.2, 0.25) is 5.89 Å². The van der Waals surface area contributed by atoms with E-state index in [0.29, 0.717) is 12.6 Å². The molecule has 0 aliphatic carbocycles. The van der Waals surface area contributed by atoms with Gasteiger partial charge in [0, 0.05) is 15.6 Å². The number of oxazole rings is 1. The molecule has 1 N–H and O–H groups in total. The SMILES string of the molecule is Cc1cnc(CNC(C)c2sc3ccccc3c2C)o1. The maximum atomic E-state index is 5.49. The van der Waals surface area contributed by atoms with Gasteiger partial charge in [0.15, 0.2) is 0 Å². The van der Waals surface area contributed by atoms with Crippen LogP contribution in [-0.4, -0.2) is 4.98 Å². The van der Waals surface area contributed by atoms with Crippen LogP contribution in [0.5, 0.6) is 0 Å². The number of benzene rings is 1. The van der Waals surface area contributed by atoms with Crippen LogP contribution in [0.4, 0.5) is 0 Å². The predicted octanol–water partition coefficient (Wildman–Crippen LogP) is 4.36. The Labute approximate surface area is 122 Å². The summed E-state index contributed by atoms with van der Waals surface area (Å²) in [6.45, 7) is 6.95. The molecule has 1 atom stereocenters. The highest BCUT2D eigenvalue weighted by Gasteiger charge is 2.14. The van der Waals surface area contributed by atoms with Crippen molar-refractivity contribution in [3.8, 4) is 0 Å². The molecule has 1 unspecified atom stereocenters. The van der Waals surface area contributed by atoms with Crippen molar-refractivity contribution in [2.75, 3.05) is 0 Å². The van der Waals surface area contributed by atoms with Crippen LogP contribution >= 0.6 is 11.3 Å². The lowest BCUT2D eigenvalue weighted by molar-refractivity contribution is 0.433. The van der Waals surface area contributed by atoms with Crippen molar-refractivity contribution in [2.45, 2.75) is 33.4 Å². The van der Waals surface area contributed by atoms with Crippen LogP contribution in [-0.2, 0) is 6.54 Å². The van der Waals surface area contributed by atoms with Gasteiger partial charge in [-0.05, 0) is 37.8 Å². The van der Waals surface area contributed by atoms with Crippen LogP contribution in [0, 0.1) is 13.8 Å². The molecule has 3 nitrogen and oxygen atoms in total. The third-order valence-corrected chi connectivity index (χ3v) is 4.96. The molecule has 3 aromatic rings. The molecule has 4 heteroatoms. The molecule has 2 heterocycles. The monoisotopic (exact) mass is 286 g/mol. The van der Waals surface area contributed by atoms with Gasteiger partial charge in [-0.25, -0.2) is 4.98 Å². The van der Waals surface area contributed by atoms with Gasteiger partial charge in [-0.3, -0.25) is 0 Å². The van der Waals surface area contributed by atoms with Crippen LogP contribution in [0.1, 0.15) is 35.1 Å². The molecule has 2 aromatic heterocycles. The molecule has 0 amide bonds. The van der Waals surface area contributed by atoms with Crippen LogP contribution < -0.4 is 5.32 Å². The van der Waals surface area contributed by atoms with Crippen molar-refractivity contribution in [1.29, 1.82) is 0 Å². The quantitative estimate of drug-likeness (QED) is 0.774. The highest BCUT2D eigenvalue weighted by atomic mass is 32.1. The standard InChI is InChI=1S/C16H18N2OS/c1-10-8-18-15(19-10)9-17-12(3)16-11(2)13-6-4-5-7-14(13)20-16/h4-8,12,17H,9H2,1-3H3. The first-order valence-corrected chi connectivity index (χ1v) is 7.59. The third-order valence-electron chi connectivity index (χ3n) is 3.50. The van der Waals surface area contributed by atoms with Gasteiger partial charge in [-0.2, -0.15) is 0 Å².